The highest BCUT2D eigenvalue weighted by atomic mass is 35.5. The van der Waals surface area contributed by atoms with Crippen molar-refractivity contribution in [1.29, 1.82) is 0 Å². The first kappa shape index (κ1) is 24.1. The zero-order valence-electron chi connectivity index (χ0n) is 19.2. The minimum absolute atomic E-state index is 0.0334. The van der Waals surface area contributed by atoms with Crippen molar-refractivity contribution in [2.24, 2.45) is 0 Å². The number of carbonyl (C=O) groups excluding carboxylic acids is 2. The number of hydrogen-bond donors (Lipinski definition) is 2. The van der Waals surface area contributed by atoms with Crippen molar-refractivity contribution < 1.29 is 23.8 Å². The molecule has 3 aromatic rings. The summed E-state index contributed by atoms with van der Waals surface area (Å²) in [6.45, 7) is 5.25. The zero-order valence-corrected chi connectivity index (χ0v) is 21.6. The molecule has 0 aliphatic carbocycles. The first-order chi connectivity index (χ1) is 16.5. The van der Waals surface area contributed by atoms with Gasteiger partial charge in [-0.1, -0.05) is 11.6 Å². The number of nitrogens with one attached hydrogen (secondary N) is 1. The summed E-state index contributed by atoms with van der Waals surface area (Å²) in [5, 5.41) is 13.7. The number of imide groups is 1. The molecule has 3 amide bonds. The summed E-state index contributed by atoms with van der Waals surface area (Å²) in [5.41, 5.74) is 0.592. The van der Waals surface area contributed by atoms with Crippen LogP contribution in [-0.4, -0.2) is 40.4 Å². The molecule has 35 heavy (non-hydrogen) atoms. The van der Waals surface area contributed by atoms with Gasteiger partial charge < -0.3 is 15.2 Å². The number of halogens is 2. The Balaban J connectivity index is 1.53. The van der Waals surface area contributed by atoms with Gasteiger partial charge in [0.1, 0.15) is 5.25 Å². The van der Waals surface area contributed by atoms with Crippen LogP contribution in [0.25, 0.3) is 15.0 Å². The van der Waals surface area contributed by atoms with Crippen LogP contribution in [0.5, 0.6) is 5.75 Å². The normalized spacial score (nSPS) is 20.2. The molecular formula is C24H21ClFN3O4S2. The summed E-state index contributed by atoms with van der Waals surface area (Å²) < 4.78 is 19.9. The van der Waals surface area contributed by atoms with Crippen LogP contribution in [-0.2, 0) is 10.4 Å². The summed E-state index contributed by atoms with van der Waals surface area (Å²) in [6.07, 6.45) is 4.90. The first-order valence-electron chi connectivity index (χ1n) is 10.7. The molecule has 2 unspecified atom stereocenters. The summed E-state index contributed by atoms with van der Waals surface area (Å²) >= 11 is 8.92. The highest BCUT2D eigenvalue weighted by molar-refractivity contribution is 8.09. The lowest BCUT2D eigenvalue weighted by Crippen LogP contribution is -2.60. The van der Waals surface area contributed by atoms with E-state index in [2.05, 4.69) is 10.3 Å². The van der Waals surface area contributed by atoms with E-state index in [4.69, 9.17) is 16.3 Å². The molecule has 7 nitrogen and oxygen atoms in total. The van der Waals surface area contributed by atoms with Crippen LogP contribution in [0.2, 0.25) is 5.02 Å². The van der Waals surface area contributed by atoms with Crippen molar-refractivity contribution in [2.75, 3.05) is 12.0 Å². The average Bonchev–Trinajstić information content (AvgIpc) is 3.35. The maximum absolute atomic E-state index is 14.0. The van der Waals surface area contributed by atoms with Crippen molar-refractivity contribution in [3.8, 4) is 5.75 Å². The van der Waals surface area contributed by atoms with Gasteiger partial charge in [-0.05, 0) is 44.5 Å². The van der Waals surface area contributed by atoms with Gasteiger partial charge in [-0.15, -0.1) is 23.1 Å². The highest BCUT2D eigenvalue weighted by Crippen LogP contribution is 2.47. The number of nitrogens with zero attached hydrogens (tertiary/aromatic N) is 2. The molecule has 11 heteroatoms. The molecule has 2 N–H and O–H groups in total. The number of fused-ring (bicyclic) bond motifs is 2. The van der Waals surface area contributed by atoms with Gasteiger partial charge in [0.15, 0.2) is 11.6 Å². The van der Waals surface area contributed by atoms with Crippen molar-refractivity contribution in [2.45, 2.75) is 37.7 Å². The van der Waals surface area contributed by atoms with Crippen molar-refractivity contribution in [3.05, 3.63) is 57.4 Å². The number of thiophene rings is 1. The Labute approximate surface area is 213 Å². The lowest BCUT2D eigenvalue weighted by Gasteiger charge is -2.33. The van der Waals surface area contributed by atoms with Crippen LogP contribution in [0.3, 0.4) is 0 Å². The molecule has 0 spiro atoms. The Morgan fingerprint density at radius 1 is 1.29 bits per heavy atom. The SMILES string of the molecule is COc1cc(C2=CC3NC(=O)N(c4cncc5sc(C(C)(C)O)c(C)c45)C(=O)C3S2)c(Cl)cc1F. The quantitative estimate of drug-likeness (QED) is 0.478. The number of urea groups is 1. The molecule has 182 valence electrons. The van der Waals surface area contributed by atoms with E-state index in [-0.39, 0.29) is 10.8 Å². The maximum atomic E-state index is 14.0. The second kappa shape index (κ2) is 8.48. The van der Waals surface area contributed by atoms with Gasteiger partial charge in [0, 0.05) is 26.9 Å². The highest BCUT2D eigenvalue weighted by Gasteiger charge is 2.46. The van der Waals surface area contributed by atoms with Crippen LogP contribution in [0.15, 0.2) is 30.6 Å². The second-order valence-electron chi connectivity index (χ2n) is 8.83. The van der Waals surface area contributed by atoms with E-state index in [9.17, 15) is 19.1 Å². The van der Waals surface area contributed by atoms with E-state index >= 15 is 0 Å². The number of aryl methyl sites for hydroxylation is 1. The lowest BCUT2D eigenvalue weighted by atomic mass is 10.0. The number of benzene rings is 1. The van der Waals surface area contributed by atoms with Gasteiger partial charge >= 0.3 is 6.03 Å². The fraction of sp³-hybridized carbons (Fsp3) is 0.292. The molecule has 0 saturated carbocycles. The minimum atomic E-state index is -1.08. The van der Waals surface area contributed by atoms with Gasteiger partial charge in [-0.3, -0.25) is 9.78 Å². The van der Waals surface area contributed by atoms with Crippen LogP contribution >= 0.6 is 34.7 Å². The smallest absolute Gasteiger partial charge is 0.329 e. The van der Waals surface area contributed by atoms with Gasteiger partial charge in [-0.25, -0.2) is 14.1 Å². The van der Waals surface area contributed by atoms with Crippen LogP contribution in [0.4, 0.5) is 14.9 Å². The van der Waals surface area contributed by atoms with Gasteiger partial charge in [0.05, 0.1) is 40.4 Å². The number of carbonyl (C=O) groups is 2. The van der Waals surface area contributed by atoms with Gasteiger partial charge in [0.2, 0.25) is 0 Å². The number of amides is 3. The summed E-state index contributed by atoms with van der Waals surface area (Å²) in [5.74, 6) is -0.953. The molecule has 1 saturated heterocycles. The molecular weight excluding hydrogens is 513 g/mol. The van der Waals surface area contributed by atoms with Gasteiger partial charge in [-0.2, -0.15) is 0 Å². The largest absolute Gasteiger partial charge is 0.494 e. The predicted octanol–water partition coefficient (Wildman–Crippen LogP) is 5.21. The summed E-state index contributed by atoms with van der Waals surface area (Å²) in [6, 6.07) is 1.52. The number of methoxy groups -OCH3 is 1. The number of ether oxygens (including phenoxy) is 1. The Morgan fingerprint density at radius 3 is 2.71 bits per heavy atom. The predicted molar refractivity (Wildman–Crippen MR) is 137 cm³/mol. The van der Waals surface area contributed by atoms with E-state index in [1.54, 1.807) is 26.1 Å². The van der Waals surface area contributed by atoms with E-state index in [1.807, 2.05) is 6.92 Å². The van der Waals surface area contributed by atoms with Crippen molar-refractivity contribution in [3.63, 3.8) is 0 Å². The molecule has 5 rings (SSSR count). The molecule has 2 atom stereocenters. The average molecular weight is 534 g/mol. The van der Waals surface area contributed by atoms with E-state index in [0.29, 0.717) is 21.5 Å². The van der Waals surface area contributed by atoms with Crippen LogP contribution < -0.4 is 15.0 Å². The fourth-order valence-electron chi connectivity index (χ4n) is 4.45. The number of thioether (sulfide) groups is 1. The Bertz CT molecular complexity index is 1430. The maximum Gasteiger partial charge on any atom is 0.329 e. The third-order valence-corrected chi connectivity index (χ3v) is 9.20. The van der Waals surface area contributed by atoms with Crippen LogP contribution in [0, 0.1) is 12.7 Å². The zero-order chi connectivity index (χ0) is 25.2. The number of aliphatic hydroxyl groups is 1. The topological polar surface area (TPSA) is 91.8 Å². The monoisotopic (exact) mass is 533 g/mol. The third-order valence-electron chi connectivity index (χ3n) is 5.99. The molecule has 2 aromatic heterocycles. The standard InChI is InChI=1S/C24H21ClFN3O4S2/c1-10-19-15(8-27-9-18(19)35-21(10)24(2,3)32)29-22(30)20-14(28-23(29)31)7-17(34-20)11-5-16(33-4)13(26)6-12(11)25/h5-9,14,20,32H,1-4H3,(H,28,31). The van der Waals surface area contributed by atoms with Gasteiger partial charge in [0.25, 0.3) is 5.91 Å². The number of anilines is 1. The summed E-state index contributed by atoms with van der Waals surface area (Å²) in [7, 11) is 1.36. The molecule has 1 aromatic carbocycles. The molecule has 2 aliphatic heterocycles. The van der Waals surface area contributed by atoms with Crippen molar-refractivity contribution in [1.82, 2.24) is 10.3 Å². The first-order valence-corrected chi connectivity index (χ1v) is 12.7. The fourth-order valence-corrected chi connectivity index (χ4v) is 7.25. The molecule has 4 heterocycles. The molecule has 1 fully saturated rings. The number of hydrogen-bond acceptors (Lipinski definition) is 7. The van der Waals surface area contributed by atoms with E-state index < -0.39 is 34.6 Å². The Hall–Kier alpha value is -2.66. The summed E-state index contributed by atoms with van der Waals surface area (Å²) in [4.78, 5) is 33.5. The number of rotatable bonds is 4. The van der Waals surface area contributed by atoms with Crippen LogP contribution in [0.1, 0.15) is 29.9 Å². The third kappa shape index (κ3) is 3.88. The number of pyridine rings is 1. The Morgan fingerprint density at radius 2 is 2.03 bits per heavy atom. The molecule has 0 radical (unpaired) electrons. The second-order valence-corrected chi connectivity index (χ2v) is 11.5. The van der Waals surface area contributed by atoms with E-state index in [0.717, 1.165) is 26.1 Å². The minimum Gasteiger partial charge on any atom is -0.494 e. The van der Waals surface area contributed by atoms with Crippen molar-refractivity contribution >= 4 is 67.3 Å². The van der Waals surface area contributed by atoms with E-state index in [1.165, 1.54) is 42.5 Å². The lowest BCUT2D eigenvalue weighted by molar-refractivity contribution is -0.118. The molecule has 2 aliphatic rings. The molecule has 0 bridgehead atoms. The Kier molecular flexibility index (Phi) is 5.83. The number of aromatic nitrogens is 1.